The molecule has 1 aromatic carbocycles. The summed E-state index contributed by atoms with van der Waals surface area (Å²) in [6.45, 7) is 0.755. The van der Waals surface area contributed by atoms with Crippen LogP contribution in [0.1, 0.15) is 41.9 Å². The Morgan fingerprint density at radius 2 is 2.16 bits per heavy atom. The molecule has 2 N–H and O–H groups in total. The van der Waals surface area contributed by atoms with Gasteiger partial charge in [0, 0.05) is 18.6 Å². The van der Waals surface area contributed by atoms with Gasteiger partial charge in [-0.25, -0.2) is 4.79 Å². The Morgan fingerprint density at radius 3 is 2.92 bits per heavy atom. The third-order valence-corrected chi connectivity index (χ3v) is 6.01. The quantitative estimate of drug-likeness (QED) is 0.801. The van der Waals surface area contributed by atoms with Crippen molar-refractivity contribution in [3.8, 4) is 0 Å². The van der Waals surface area contributed by atoms with E-state index in [1.165, 1.54) is 11.3 Å². The summed E-state index contributed by atoms with van der Waals surface area (Å²) in [5.74, 6) is 0.261. The highest BCUT2D eigenvalue weighted by molar-refractivity contribution is 7.15. The highest BCUT2D eigenvalue weighted by Crippen LogP contribution is 2.42. The Balaban J connectivity index is 1.30. The summed E-state index contributed by atoms with van der Waals surface area (Å²) in [4.78, 5) is 12.1. The molecule has 3 atom stereocenters. The van der Waals surface area contributed by atoms with Crippen LogP contribution in [-0.2, 0) is 4.74 Å². The lowest BCUT2D eigenvalue weighted by Gasteiger charge is -2.06. The zero-order valence-electron chi connectivity index (χ0n) is 13.2. The summed E-state index contributed by atoms with van der Waals surface area (Å²) < 4.78 is 5.57. The molecular weight excluding hydrogens is 383 g/mol. The molecule has 2 amide bonds. The zero-order chi connectivity index (χ0) is 17.4. The van der Waals surface area contributed by atoms with Gasteiger partial charge in [0.1, 0.15) is 11.1 Å². The first-order valence-corrected chi connectivity index (χ1v) is 9.65. The van der Waals surface area contributed by atoms with Crippen molar-refractivity contribution in [1.82, 2.24) is 15.5 Å². The number of nitrogens with zero attached hydrogens (tertiary/aromatic N) is 2. The normalized spacial score (nSPS) is 25.0. The number of ether oxygens (including phenoxy) is 1. The second-order valence-electron chi connectivity index (χ2n) is 6.17. The maximum absolute atomic E-state index is 12.1. The van der Waals surface area contributed by atoms with Crippen molar-refractivity contribution in [2.45, 2.75) is 37.3 Å². The summed E-state index contributed by atoms with van der Waals surface area (Å²) in [7, 11) is 0. The first-order valence-electron chi connectivity index (χ1n) is 8.07. The Morgan fingerprint density at radius 1 is 1.28 bits per heavy atom. The lowest BCUT2D eigenvalue weighted by molar-refractivity contribution is 0.111. The van der Waals surface area contributed by atoms with Gasteiger partial charge in [-0.05, 0) is 37.0 Å². The number of benzene rings is 1. The molecule has 0 bridgehead atoms. The van der Waals surface area contributed by atoms with E-state index >= 15 is 0 Å². The molecule has 6 nitrogen and oxygen atoms in total. The summed E-state index contributed by atoms with van der Waals surface area (Å²) in [5.41, 5.74) is 1.08. The monoisotopic (exact) mass is 398 g/mol. The van der Waals surface area contributed by atoms with E-state index in [9.17, 15) is 4.79 Å². The Hall–Kier alpha value is -1.41. The Labute approximate surface area is 158 Å². The third kappa shape index (κ3) is 3.89. The summed E-state index contributed by atoms with van der Waals surface area (Å²) >= 11 is 13.3. The van der Waals surface area contributed by atoms with Gasteiger partial charge in [-0.2, -0.15) is 0 Å². The lowest BCUT2D eigenvalue weighted by atomic mass is 10.1. The molecule has 2 aliphatic rings. The summed E-state index contributed by atoms with van der Waals surface area (Å²) in [6.07, 6.45) is 2.88. The number of halogens is 2. The number of hydrogen-bond acceptors (Lipinski definition) is 5. The van der Waals surface area contributed by atoms with Crippen molar-refractivity contribution < 1.29 is 9.53 Å². The van der Waals surface area contributed by atoms with Crippen molar-refractivity contribution >= 4 is 45.7 Å². The minimum Gasteiger partial charge on any atom is -0.371 e. The maximum Gasteiger partial charge on any atom is 0.321 e. The van der Waals surface area contributed by atoms with E-state index in [1.807, 2.05) is 12.1 Å². The highest BCUT2D eigenvalue weighted by atomic mass is 35.5. The van der Waals surface area contributed by atoms with Crippen molar-refractivity contribution in [2.24, 2.45) is 0 Å². The van der Waals surface area contributed by atoms with Crippen molar-refractivity contribution in [2.75, 3.05) is 11.9 Å². The predicted molar refractivity (Wildman–Crippen MR) is 97.6 cm³/mol. The number of carbonyl (C=O) groups is 1. The van der Waals surface area contributed by atoms with Crippen LogP contribution in [0.15, 0.2) is 18.2 Å². The van der Waals surface area contributed by atoms with E-state index in [4.69, 9.17) is 27.9 Å². The minimum absolute atomic E-state index is 0.0126. The molecule has 25 heavy (non-hydrogen) atoms. The smallest absolute Gasteiger partial charge is 0.321 e. The molecule has 4 rings (SSSR count). The number of rotatable bonds is 4. The fourth-order valence-electron chi connectivity index (χ4n) is 2.96. The fourth-order valence-corrected chi connectivity index (χ4v) is 4.08. The lowest BCUT2D eigenvalue weighted by Crippen LogP contribution is -2.31. The fraction of sp³-hybridized carbons (Fsp3) is 0.438. The number of nitrogens with one attached hydrogen (secondary N) is 2. The van der Waals surface area contributed by atoms with Crippen molar-refractivity contribution in [3.05, 3.63) is 38.8 Å². The van der Waals surface area contributed by atoms with Gasteiger partial charge >= 0.3 is 6.03 Å². The molecular formula is C16H16Cl2N4O2S. The largest absolute Gasteiger partial charge is 0.371 e. The predicted octanol–water partition coefficient (Wildman–Crippen LogP) is 4.37. The highest BCUT2D eigenvalue weighted by Gasteiger charge is 2.39. The molecule has 1 aliphatic heterocycles. The van der Waals surface area contributed by atoms with Gasteiger partial charge in [-0.1, -0.05) is 40.6 Å². The standard InChI is InChI=1S/C16H16Cl2N4O2S/c17-10-4-3-8(6-11(10)18)9-7-12(9)19-15(23)20-16-22-21-14(25-16)13-2-1-5-24-13/h3-4,6,9,12-13H,1-2,5,7H2,(H2,19,20,22,23). The van der Waals surface area contributed by atoms with E-state index in [-0.39, 0.29) is 24.1 Å². The first-order chi connectivity index (χ1) is 12.1. The van der Waals surface area contributed by atoms with Crippen LogP contribution in [-0.4, -0.2) is 28.9 Å². The molecule has 1 aromatic heterocycles. The SMILES string of the molecule is O=C(Nc1nnc(C2CCCO2)s1)NC1CC1c1ccc(Cl)c(Cl)c1. The van der Waals surface area contributed by atoms with E-state index in [1.54, 1.807) is 6.07 Å². The Bertz CT molecular complexity index is 794. The van der Waals surface area contributed by atoms with Crippen LogP contribution >= 0.6 is 34.5 Å². The van der Waals surface area contributed by atoms with E-state index in [0.29, 0.717) is 15.2 Å². The summed E-state index contributed by atoms with van der Waals surface area (Å²) in [6, 6.07) is 5.39. The first kappa shape index (κ1) is 17.0. The van der Waals surface area contributed by atoms with Gasteiger partial charge in [0.15, 0.2) is 0 Å². The van der Waals surface area contributed by atoms with Crippen LogP contribution in [0.25, 0.3) is 0 Å². The molecule has 0 spiro atoms. The topological polar surface area (TPSA) is 76.1 Å². The second kappa shape index (κ2) is 7.07. The number of carbonyl (C=O) groups excluding carboxylic acids is 1. The van der Waals surface area contributed by atoms with Gasteiger partial charge in [0.2, 0.25) is 5.13 Å². The molecule has 2 heterocycles. The number of aromatic nitrogens is 2. The number of amides is 2. The average Bonchev–Trinajstić information content (AvgIpc) is 3.00. The van der Waals surface area contributed by atoms with Crippen molar-refractivity contribution in [3.63, 3.8) is 0 Å². The van der Waals surface area contributed by atoms with Gasteiger partial charge in [0.05, 0.1) is 10.0 Å². The summed E-state index contributed by atoms with van der Waals surface area (Å²) in [5, 5.41) is 16.2. The molecule has 0 radical (unpaired) electrons. The van der Waals surface area contributed by atoms with Gasteiger partial charge < -0.3 is 10.1 Å². The van der Waals surface area contributed by atoms with Gasteiger partial charge in [0.25, 0.3) is 0 Å². The van der Waals surface area contributed by atoms with Crippen LogP contribution in [0.2, 0.25) is 10.0 Å². The molecule has 2 aromatic rings. The Kier molecular flexibility index (Phi) is 4.82. The molecule has 1 saturated heterocycles. The van der Waals surface area contributed by atoms with Crippen LogP contribution < -0.4 is 10.6 Å². The van der Waals surface area contributed by atoms with E-state index < -0.39 is 0 Å². The zero-order valence-corrected chi connectivity index (χ0v) is 15.5. The minimum atomic E-state index is -0.275. The van der Waals surface area contributed by atoms with Crippen molar-refractivity contribution in [1.29, 1.82) is 0 Å². The molecule has 3 unspecified atom stereocenters. The molecule has 1 saturated carbocycles. The van der Waals surface area contributed by atoms with Crippen LogP contribution in [0.4, 0.5) is 9.93 Å². The molecule has 1 aliphatic carbocycles. The number of hydrogen-bond donors (Lipinski definition) is 2. The molecule has 2 fully saturated rings. The van der Waals surface area contributed by atoms with E-state index in [0.717, 1.165) is 36.4 Å². The van der Waals surface area contributed by atoms with E-state index in [2.05, 4.69) is 20.8 Å². The molecule has 9 heteroatoms. The van der Waals surface area contributed by atoms with Gasteiger partial charge in [-0.15, -0.1) is 10.2 Å². The van der Waals surface area contributed by atoms with Crippen LogP contribution in [0.5, 0.6) is 0 Å². The second-order valence-corrected chi connectivity index (χ2v) is 7.99. The number of anilines is 1. The van der Waals surface area contributed by atoms with Crippen LogP contribution in [0, 0.1) is 0 Å². The van der Waals surface area contributed by atoms with Crippen LogP contribution in [0.3, 0.4) is 0 Å². The molecule has 132 valence electrons. The maximum atomic E-state index is 12.1. The number of urea groups is 1. The third-order valence-electron chi connectivity index (χ3n) is 4.34. The average molecular weight is 399 g/mol. The van der Waals surface area contributed by atoms with Gasteiger partial charge in [-0.3, -0.25) is 5.32 Å².